The first kappa shape index (κ1) is 27.4. The number of nitrogens with zero attached hydrogens (tertiary/aromatic N) is 6. The van der Waals surface area contributed by atoms with Crippen molar-refractivity contribution < 1.29 is 23.5 Å². The van der Waals surface area contributed by atoms with Crippen LogP contribution in [-0.2, 0) is 22.6 Å². The fourth-order valence-corrected chi connectivity index (χ4v) is 4.30. The molecule has 1 aliphatic carbocycles. The molecular weight excluding hydrogens is 531 g/mol. The monoisotopic (exact) mass is 558 g/mol. The number of aromatic nitrogens is 4. The van der Waals surface area contributed by atoms with Crippen molar-refractivity contribution in [3.8, 4) is 16.9 Å². The van der Waals surface area contributed by atoms with E-state index in [-0.39, 0.29) is 35.9 Å². The zero-order valence-electron chi connectivity index (χ0n) is 22.4. The van der Waals surface area contributed by atoms with Gasteiger partial charge in [0, 0.05) is 42.5 Å². The third-order valence-corrected chi connectivity index (χ3v) is 6.60. The highest BCUT2D eigenvalue weighted by Gasteiger charge is 2.24. The van der Waals surface area contributed by atoms with Crippen LogP contribution in [0.15, 0.2) is 59.1 Å². The van der Waals surface area contributed by atoms with Gasteiger partial charge in [-0.1, -0.05) is 12.1 Å². The maximum atomic E-state index is 15.3. The van der Waals surface area contributed by atoms with Gasteiger partial charge >= 0.3 is 5.97 Å². The van der Waals surface area contributed by atoms with Crippen LogP contribution in [-0.4, -0.2) is 57.4 Å². The van der Waals surface area contributed by atoms with Gasteiger partial charge in [-0.25, -0.2) is 24.1 Å². The predicted octanol–water partition coefficient (Wildman–Crippen LogP) is 2.80. The second-order valence-electron chi connectivity index (χ2n) is 9.30. The molecule has 12 nitrogen and oxygen atoms in total. The summed E-state index contributed by atoms with van der Waals surface area (Å²) < 4.78 is 27.0. The highest BCUT2D eigenvalue weighted by atomic mass is 19.1. The standard InChI is InChI=1S/C28H27FN8O4/c1-40-23-7-6-20(18-9-32-26(33-10-18)28(39)41-2)21(25(23)29)12-34-27(38)22(36-30)13-31-11-19-15-37-14-17(16-3-4-16)5-8-24(37)35-19/h5-10,13-16H,3-4,11-12,30H2,1-2H3,(H,34,38)/b31-13?,36-22+. The van der Waals surface area contributed by atoms with Crippen LogP contribution in [0.25, 0.3) is 16.8 Å². The number of pyridine rings is 1. The van der Waals surface area contributed by atoms with Crippen LogP contribution >= 0.6 is 0 Å². The van der Waals surface area contributed by atoms with Gasteiger partial charge in [0.05, 0.1) is 32.7 Å². The van der Waals surface area contributed by atoms with E-state index in [0.717, 1.165) is 11.3 Å². The van der Waals surface area contributed by atoms with Crippen molar-refractivity contribution in [2.75, 3.05) is 14.2 Å². The Kier molecular flexibility index (Phi) is 7.94. The van der Waals surface area contributed by atoms with Gasteiger partial charge in [0.2, 0.25) is 5.82 Å². The fourth-order valence-electron chi connectivity index (χ4n) is 4.30. The summed E-state index contributed by atoms with van der Waals surface area (Å²) in [5, 5.41) is 6.14. The Bertz CT molecular complexity index is 1660. The van der Waals surface area contributed by atoms with Crippen LogP contribution in [0.1, 0.15) is 46.2 Å². The number of imidazole rings is 1. The third kappa shape index (κ3) is 6.03. The molecule has 13 heteroatoms. The molecule has 5 rings (SSSR count). The molecule has 1 saturated carbocycles. The average Bonchev–Trinajstić information content (AvgIpc) is 3.77. The fraction of sp³-hybridized carbons (Fsp3) is 0.250. The molecule has 0 radical (unpaired) electrons. The molecule has 0 spiro atoms. The molecule has 1 fully saturated rings. The van der Waals surface area contributed by atoms with Crippen molar-refractivity contribution in [3.05, 3.63) is 77.5 Å². The Morgan fingerprint density at radius 2 is 1.95 bits per heavy atom. The zero-order chi connectivity index (χ0) is 28.9. The van der Waals surface area contributed by atoms with E-state index in [1.54, 1.807) is 6.07 Å². The number of amides is 1. The van der Waals surface area contributed by atoms with Crippen molar-refractivity contribution in [2.24, 2.45) is 15.9 Å². The first-order valence-corrected chi connectivity index (χ1v) is 12.7. The number of nitrogens with two attached hydrogens (primary N) is 1. The first-order chi connectivity index (χ1) is 19.9. The molecule has 1 amide bonds. The number of hydrogen-bond donors (Lipinski definition) is 2. The molecule has 0 aliphatic heterocycles. The smallest absolute Gasteiger partial charge is 0.376 e. The number of benzene rings is 1. The van der Waals surface area contributed by atoms with Crippen molar-refractivity contribution >= 4 is 29.4 Å². The van der Waals surface area contributed by atoms with Crippen molar-refractivity contribution in [1.82, 2.24) is 24.7 Å². The van der Waals surface area contributed by atoms with E-state index < -0.39 is 17.7 Å². The highest BCUT2D eigenvalue weighted by Crippen LogP contribution is 2.39. The van der Waals surface area contributed by atoms with Crippen LogP contribution in [0.5, 0.6) is 5.75 Å². The van der Waals surface area contributed by atoms with E-state index in [4.69, 9.17) is 10.6 Å². The van der Waals surface area contributed by atoms with Gasteiger partial charge in [-0.2, -0.15) is 5.10 Å². The first-order valence-electron chi connectivity index (χ1n) is 12.7. The Morgan fingerprint density at radius 3 is 2.63 bits per heavy atom. The van der Waals surface area contributed by atoms with Crippen molar-refractivity contribution in [1.29, 1.82) is 0 Å². The topological polar surface area (TPSA) is 158 Å². The highest BCUT2D eigenvalue weighted by molar-refractivity contribution is 6.60. The Balaban J connectivity index is 1.28. The summed E-state index contributed by atoms with van der Waals surface area (Å²) in [4.78, 5) is 41.3. The number of rotatable bonds is 10. The molecular formula is C28H27FN8O4. The van der Waals surface area contributed by atoms with Crippen LogP contribution in [0, 0.1) is 5.82 Å². The van der Waals surface area contributed by atoms with Gasteiger partial charge in [-0.15, -0.1) is 0 Å². The molecule has 3 heterocycles. The molecule has 3 N–H and O–H groups in total. The summed E-state index contributed by atoms with van der Waals surface area (Å²) in [6.45, 7) is -0.0262. The van der Waals surface area contributed by atoms with Crippen LogP contribution in [0.2, 0.25) is 0 Å². The maximum absolute atomic E-state index is 15.3. The summed E-state index contributed by atoms with van der Waals surface area (Å²) >= 11 is 0. The lowest BCUT2D eigenvalue weighted by atomic mass is 10.0. The number of esters is 1. The number of nitrogens with one attached hydrogen (secondary N) is 1. The summed E-state index contributed by atoms with van der Waals surface area (Å²) in [5.41, 5.74) is 3.57. The minimum Gasteiger partial charge on any atom is -0.494 e. The minimum absolute atomic E-state index is 0.0175. The lowest BCUT2D eigenvalue weighted by Crippen LogP contribution is -2.32. The van der Waals surface area contributed by atoms with Gasteiger partial charge in [0.25, 0.3) is 5.91 Å². The Morgan fingerprint density at radius 1 is 1.17 bits per heavy atom. The molecule has 1 aromatic carbocycles. The van der Waals surface area contributed by atoms with Crippen LogP contribution < -0.4 is 15.9 Å². The summed E-state index contributed by atoms with van der Waals surface area (Å²) in [6.07, 6.45) is 10.4. The van der Waals surface area contributed by atoms with Gasteiger partial charge in [-0.05, 0) is 42.0 Å². The number of hydrogen-bond acceptors (Lipinski definition) is 10. The van der Waals surface area contributed by atoms with E-state index in [1.165, 1.54) is 57.3 Å². The summed E-state index contributed by atoms with van der Waals surface area (Å²) in [5.74, 6) is 3.87. The minimum atomic E-state index is -0.705. The summed E-state index contributed by atoms with van der Waals surface area (Å²) in [6, 6.07) is 7.11. The molecule has 0 atom stereocenters. The van der Waals surface area contributed by atoms with Gasteiger partial charge < -0.3 is 25.0 Å². The molecule has 4 aromatic rings. The van der Waals surface area contributed by atoms with Crippen molar-refractivity contribution in [3.63, 3.8) is 0 Å². The lowest BCUT2D eigenvalue weighted by molar-refractivity contribution is -0.114. The van der Waals surface area contributed by atoms with Crippen LogP contribution in [0.4, 0.5) is 4.39 Å². The molecule has 1 aliphatic rings. The molecule has 0 saturated heterocycles. The normalized spacial score (nSPS) is 13.5. The Hall–Kier alpha value is -5.20. The van der Waals surface area contributed by atoms with Crippen LogP contribution in [0.3, 0.4) is 0 Å². The van der Waals surface area contributed by atoms with E-state index in [0.29, 0.717) is 17.0 Å². The van der Waals surface area contributed by atoms with Crippen molar-refractivity contribution in [2.45, 2.75) is 31.8 Å². The molecule has 41 heavy (non-hydrogen) atoms. The number of methoxy groups -OCH3 is 2. The van der Waals surface area contributed by atoms with E-state index in [9.17, 15) is 9.59 Å². The number of ether oxygens (including phenoxy) is 2. The van der Waals surface area contributed by atoms with E-state index in [2.05, 4.69) is 47.4 Å². The number of halogens is 1. The average molecular weight is 559 g/mol. The number of fused-ring (bicyclic) bond motifs is 1. The van der Waals surface area contributed by atoms with Gasteiger partial charge in [0.15, 0.2) is 17.3 Å². The number of carbonyl (C=O) groups is 2. The second kappa shape index (κ2) is 11.9. The van der Waals surface area contributed by atoms with E-state index >= 15 is 4.39 Å². The largest absolute Gasteiger partial charge is 0.494 e. The Labute approximate surface area is 234 Å². The molecule has 0 bridgehead atoms. The summed E-state index contributed by atoms with van der Waals surface area (Å²) in [7, 11) is 2.55. The predicted molar refractivity (Wildman–Crippen MR) is 148 cm³/mol. The number of carbonyl (C=O) groups excluding carboxylic acids is 2. The second-order valence-corrected chi connectivity index (χ2v) is 9.30. The zero-order valence-corrected chi connectivity index (χ0v) is 22.4. The lowest BCUT2D eigenvalue weighted by Gasteiger charge is -2.14. The molecule has 3 aromatic heterocycles. The maximum Gasteiger partial charge on any atom is 0.376 e. The number of hydrazone groups is 1. The number of aliphatic imine (C=N–C) groups is 1. The molecule has 210 valence electrons. The van der Waals surface area contributed by atoms with E-state index in [1.807, 2.05) is 16.7 Å². The van der Waals surface area contributed by atoms with Gasteiger partial charge in [0.1, 0.15) is 5.65 Å². The van der Waals surface area contributed by atoms with Gasteiger partial charge in [-0.3, -0.25) is 9.79 Å². The molecule has 0 unspecified atom stereocenters. The SMILES string of the molecule is COC(=O)c1ncc(-c2ccc(OC)c(F)c2CNC(=O)/C(C=NCc2cn3cc(C4CC4)ccc3n2)=N/N)cn1. The quantitative estimate of drug-likeness (QED) is 0.130. The third-order valence-electron chi connectivity index (χ3n) is 6.60.